The van der Waals surface area contributed by atoms with Gasteiger partial charge in [-0.3, -0.25) is 4.57 Å². The number of para-hydroxylation sites is 4. The number of benzene rings is 7. The molecule has 5 aromatic heterocycles. The van der Waals surface area contributed by atoms with E-state index < -0.39 is 0 Å². The number of hydrogen-bond donors (Lipinski definition) is 0. The number of aromatic nitrogens is 3. The minimum atomic E-state index is -0.0956. The molecular weight excluding hydrogens is 709 g/mol. The lowest BCUT2D eigenvalue weighted by Crippen LogP contribution is -2.34. The molecular formula is C53H36N4O. The summed E-state index contributed by atoms with van der Waals surface area (Å²) in [6.07, 6.45) is 7.57. The molecule has 0 N–H and O–H groups in total. The van der Waals surface area contributed by atoms with Gasteiger partial charge in [0.05, 0.1) is 27.6 Å². The predicted molar refractivity (Wildman–Crippen MR) is 242 cm³/mol. The van der Waals surface area contributed by atoms with Crippen LogP contribution in [0.15, 0.2) is 155 Å². The monoisotopic (exact) mass is 744 g/mol. The summed E-state index contributed by atoms with van der Waals surface area (Å²) in [5, 5.41) is 12.6. The molecule has 12 aromatic rings. The lowest BCUT2D eigenvalue weighted by Gasteiger charge is -2.34. The first-order valence-electron chi connectivity index (χ1n) is 20.7. The van der Waals surface area contributed by atoms with Gasteiger partial charge in [-0.2, -0.15) is 0 Å². The van der Waals surface area contributed by atoms with E-state index in [9.17, 15) is 0 Å². The summed E-state index contributed by atoms with van der Waals surface area (Å²) in [6.45, 7) is 2.33. The van der Waals surface area contributed by atoms with Crippen LogP contribution in [0.2, 0.25) is 0 Å². The summed E-state index contributed by atoms with van der Waals surface area (Å²) in [6, 6.07) is 51.3. The summed E-state index contributed by atoms with van der Waals surface area (Å²) < 4.78 is 14.7. The van der Waals surface area contributed by atoms with Gasteiger partial charge in [-0.25, -0.2) is 4.99 Å². The Labute approximate surface area is 332 Å². The third kappa shape index (κ3) is 3.71. The van der Waals surface area contributed by atoms with Crippen LogP contribution in [0.25, 0.3) is 98.6 Å². The van der Waals surface area contributed by atoms with Gasteiger partial charge in [-0.05, 0) is 72.5 Å². The Kier molecular flexibility index (Phi) is 5.91. The van der Waals surface area contributed by atoms with Crippen LogP contribution in [-0.4, -0.2) is 19.4 Å². The van der Waals surface area contributed by atoms with Crippen molar-refractivity contribution in [1.82, 2.24) is 13.5 Å². The molecule has 7 aromatic carbocycles. The highest BCUT2D eigenvalue weighted by molar-refractivity contribution is 6.39. The number of allylic oxidation sites excluding steroid dienone is 1. The number of rotatable bonds is 2. The molecule has 1 aliphatic carbocycles. The Balaban J connectivity index is 1.17. The Hall–Kier alpha value is -7.11. The third-order valence-electron chi connectivity index (χ3n) is 13.6. The van der Waals surface area contributed by atoms with Crippen molar-refractivity contribution in [3.8, 4) is 0 Å². The number of aliphatic imine (C=N–C) groups is 1. The smallest absolute Gasteiger partial charge is 0.154 e. The molecule has 5 heteroatoms. The molecule has 0 saturated carbocycles. The fraction of sp³-hybridized carbons (Fsp3) is 0.113. The molecule has 14 rings (SSSR count). The molecule has 1 aliphatic heterocycles. The third-order valence-corrected chi connectivity index (χ3v) is 13.6. The van der Waals surface area contributed by atoms with E-state index in [1.807, 2.05) is 0 Å². The standard InChI is InChI=1S/C53H36N4O/c1-2-31-51(55-39-22-10-5-17-33(39)34-18-6-11-23-40(34)55)52-49(37-21-9-14-26-45(37)58-52)54-53(31)57-42-25-13-8-20-36(42)47-44(57)29-38-35-19-7-12-24-41(35)56-43-28-27-30-15-3-4-16-32(30)46(43)48(47)50(38)56/h3-10,12-22,24-29,31,51H,2,11,23H2,1H3. The zero-order valence-electron chi connectivity index (χ0n) is 31.9. The van der Waals surface area contributed by atoms with Crippen LogP contribution >= 0.6 is 0 Å². The average Bonchev–Trinajstić information content (AvgIpc) is 4.07. The first-order valence-corrected chi connectivity index (χ1v) is 20.7. The van der Waals surface area contributed by atoms with Crippen molar-refractivity contribution in [3.05, 3.63) is 163 Å². The van der Waals surface area contributed by atoms with Crippen molar-refractivity contribution in [2.24, 2.45) is 10.9 Å². The van der Waals surface area contributed by atoms with Gasteiger partial charge >= 0.3 is 0 Å². The fourth-order valence-corrected chi connectivity index (χ4v) is 11.4. The van der Waals surface area contributed by atoms with Crippen LogP contribution in [0.5, 0.6) is 0 Å². The number of nitrogens with zero attached hydrogens (tertiary/aromatic N) is 4. The van der Waals surface area contributed by atoms with Crippen LogP contribution in [-0.2, 0) is 6.42 Å². The summed E-state index contributed by atoms with van der Waals surface area (Å²) in [7, 11) is 0. The molecule has 2 unspecified atom stereocenters. The maximum Gasteiger partial charge on any atom is 0.154 e. The number of fused-ring (bicyclic) bond motifs is 18. The lowest BCUT2D eigenvalue weighted by molar-refractivity contribution is 0.374. The Morgan fingerprint density at radius 1 is 0.621 bits per heavy atom. The Bertz CT molecular complexity index is 3810. The van der Waals surface area contributed by atoms with E-state index in [2.05, 4.69) is 172 Å². The maximum absolute atomic E-state index is 7.00. The second-order valence-electron chi connectivity index (χ2n) is 16.4. The molecule has 0 amide bonds. The minimum Gasteiger partial charge on any atom is -0.456 e. The summed E-state index contributed by atoms with van der Waals surface area (Å²) >= 11 is 0. The second kappa shape index (κ2) is 11.0. The largest absolute Gasteiger partial charge is 0.456 e. The lowest BCUT2D eigenvalue weighted by atomic mass is 9.88. The molecule has 0 fully saturated rings. The molecule has 274 valence electrons. The highest BCUT2D eigenvalue weighted by Crippen LogP contribution is 2.52. The summed E-state index contributed by atoms with van der Waals surface area (Å²) in [5.41, 5.74) is 12.0. The summed E-state index contributed by atoms with van der Waals surface area (Å²) in [5.74, 6) is 2.04. The van der Waals surface area contributed by atoms with Crippen molar-refractivity contribution >= 4 is 110 Å². The number of hydrogen-bond acceptors (Lipinski definition) is 2. The van der Waals surface area contributed by atoms with E-state index in [-0.39, 0.29) is 12.0 Å². The van der Waals surface area contributed by atoms with Gasteiger partial charge in [0.25, 0.3) is 0 Å². The van der Waals surface area contributed by atoms with E-state index >= 15 is 0 Å². The van der Waals surface area contributed by atoms with Gasteiger partial charge in [-0.15, -0.1) is 0 Å². The molecule has 5 nitrogen and oxygen atoms in total. The normalized spacial score (nSPS) is 17.0. The van der Waals surface area contributed by atoms with Crippen LogP contribution in [0.3, 0.4) is 0 Å². The van der Waals surface area contributed by atoms with Crippen molar-refractivity contribution in [3.63, 3.8) is 0 Å². The van der Waals surface area contributed by atoms with E-state index in [0.717, 1.165) is 47.5 Å². The predicted octanol–water partition coefficient (Wildman–Crippen LogP) is 14.0. The molecule has 6 heterocycles. The van der Waals surface area contributed by atoms with E-state index in [0.29, 0.717) is 0 Å². The van der Waals surface area contributed by atoms with Gasteiger partial charge in [0.15, 0.2) is 5.76 Å². The highest BCUT2D eigenvalue weighted by atomic mass is 16.3. The van der Waals surface area contributed by atoms with Gasteiger partial charge in [0.2, 0.25) is 0 Å². The SMILES string of the molecule is CCC1C(n2c3ccccc3c3c4c5c6ccccc6ccc5n5c6ccccc6c(cc32)c45)=Nc2c(oc3ccccc23)C1n1c2c(c3ccccc31)C=CCC2. The molecule has 2 atom stereocenters. The van der Waals surface area contributed by atoms with Crippen molar-refractivity contribution in [2.45, 2.75) is 32.2 Å². The Morgan fingerprint density at radius 3 is 2.19 bits per heavy atom. The quantitative estimate of drug-likeness (QED) is 0.174. The second-order valence-corrected chi connectivity index (χ2v) is 16.4. The first kappa shape index (κ1) is 31.0. The fourth-order valence-electron chi connectivity index (χ4n) is 11.4. The number of furan rings is 1. The molecule has 0 spiro atoms. The zero-order chi connectivity index (χ0) is 37.8. The average molecular weight is 745 g/mol. The van der Waals surface area contributed by atoms with Crippen LogP contribution in [0, 0.1) is 5.92 Å². The van der Waals surface area contributed by atoms with Gasteiger partial charge in [0.1, 0.15) is 23.1 Å². The zero-order valence-corrected chi connectivity index (χ0v) is 31.9. The minimum absolute atomic E-state index is 0.0108. The molecule has 2 aliphatic rings. The van der Waals surface area contributed by atoms with Crippen LogP contribution in [0.1, 0.15) is 42.8 Å². The highest BCUT2D eigenvalue weighted by Gasteiger charge is 2.41. The summed E-state index contributed by atoms with van der Waals surface area (Å²) in [4.78, 5) is 5.83. The topological polar surface area (TPSA) is 39.8 Å². The van der Waals surface area contributed by atoms with E-state index in [1.54, 1.807) is 0 Å². The van der Waals surface area contributed by atoms with Crippen molar-refractivity contribution in [2.75, 3.05) is 0 Å². The van der Waals surface area contributed by atoms with Crippen LogP contribution in [0.4, 0.5) is 5.69 Å². The van der Waals surface area contributed by atoms with Gasteiger partial charge in [-0.1, -0.05) is 116 Å². The molecule has 58 heavy (non-hydrogen) atoms. The van der Waals surface area contributed by atoms with Gasteiger partial charge < -0.3 is 13.4 Å². The van der Waals surface area contributed by atoms with Crippen molar-refractivity contribution < 1.29 is 4.42 Å². The van der Waals surface area contributed by atoms with Crippen molar-refractivity contribution in [1.29, 1.82) is 0 Å². The molecule has 0 radical (unpaired) electrons. The maximum atomic E-state index is 7.00. The van der Waals surface area contributed by atoms with E-state index in [1.165, 1.54) is 92.8 Å². The van der Waals surface area contributed by atoms with Gasteiger partial charge in [0, 0.05) is 65.8 Å². The molecule has 0 saturated heterocycles. The first-order chi connectivity index (χ1) is 28.8. The molecule has 0 bridgehead atoms. The van der Waals surface area contributed by atoms with Crippen LogP contribution < -0.4 is 0 Å². The van der Waals surface area contributed by atoms with E-state index in [4.69, 9.17) is 9.41 Å². The Morgan fingerprint density at radius 2 is 1.33 bits per heavy atom.